The second kappa shape index (κ2) is 5.11. The molecule has 0 saturated carbocycles. The highest BCUT2D eigenvalue weighted by Crippen LogP contribution is 2.45. The Hall–Kier alpha value is -1.39. The molecule has 0 spiro atoms. The van der Waals surface area contributed by atoms with Crippen molar-refractivity contribution >= 4 is 11.3 Å². The lowest BCUT2D eigenvalue weighted by Crippen LogP contribution is -2.24. The molecule has 1 unspecified atom stereocenters. The van der Waals surface area contributed by atoms with E-state index < -0.39 is 6.10 Å². The summed E-state index contributed by atoms with van der Waals surface area (Å²) in [6.45, 7) is 6.42. The predicted octanol–water partition coefficient (Wildman–Crippen LogP) is 4.13. The van der Waals surface area contributed by atoms with Gasteiger partial charge in [0.1, 0.15) is 10.8 Å². The molecule has 21 heavy (non-hydrogen) atoms. The molecule has 112 valence electrons. The zero-order valence-electron chi connectivity index (χ0n) is 12.9. The van der Waals surface area contributed by atoms with Gasteiger partial charge in [-0.1, -0.05) is 19.9 Å². The summed E-state index contributed by atoms with van der Waals surface area (Å²) in [4.78, 5) is 5.80. The number of nitrogens with zero attached hydrogens (tertiary/aromatic N) is 1. The van der Waals surface area contributed by atoms with E-state index in [0.29, 0.717) is 0 Å². The average Bonchev–Trinajstić information content (AvgIpc) is 2.80. The number of fused-ring (bicyclic) bond motifs is 1. The lowest BCUT2D eigenvalue weighted by atomic mass is 9.77. The van der Waals surface area contributed by atoms with Gasteiger partial charge in [-0.05, 0) is 42.9 Å². The second-order valence-corrected chi connectivity index (χ2v) is 7.63. The van der Waals surface area contributed by atoms with Crippen LogP contribution in [0.3, 0.4) is 0 Å². The number of rotatable bonds is 2. The van der Waals surface area contributed by atoms with Crippen molar-refractivity contribution in [2.75, 3.05) is 7.11 Å². The Balaban J connectivity index is 2.06. The Labute approximate surface area is 129 Å². The van der Waals surface area contributed by atoms with Crippen molar-refractivity contribution < 1.29 is 9.84 Å². The summed E-state index contributed by atoms with van der Waals surface area (Å²) in [6, 6.07) is 6.14. The lowest BCUT2D eigenvalue weighted by Gasteiger charge is -2.31. The third kappa shape index (κ3) is 2.70. The van der Waals surface area contributed by atoms with Crippen LogP contribution in [-0.2, 0) is 6.42 Å². The van der Waals surface area contributed by atoms with E-state index in [1.165, 1.54) is 0 Å². The first-order valence-electron chi connectivity index (χ1n) is 7.22. The average molecular weight is 303 g/mol. The SMILES string of the molecule is COc1cc(C)ccc1-c1nc2c(s1)C(O)CC(C)(C)C2. The van der Waals surface area contributed by atoms with Gasteiger partial charge in [0.05, 0.1) is 29.3 Å². The van der Waals surface area contributed by atoms with Gasteiger partial charge in [0.15, 0.2) is 0 Å². The van der Waals surface area contributed by atoms with Crippen LogP contribution in [-0.4, -0.2) is 17.2 Å². The first-order chi connectivity index (χ1) is 9.89. The van der Waals surface area contributed by atoms with E-state index >= 15 is 0 Å². The van der Waals surface area contributed by atoms with E-state index in [9.17, 15) is 5.11 Å². The maximum Gasteiger partial charge on any atom is 0.129 e. The van der Waals surface area contributed by atoms with Crippen molar-refractivity contribution in [3.8, 4) is 16.3 Å². The van der Waals surface area contributed by atoms with E-state index in [4.69, 9.17) is 9.72 Å². The van der Waals surface area contributed by atoms with Gasteiger partial charge in [0.2, 0.25) is 0 Å². The quantitative estimate of drug-likeness (QED) is 0.907. The standard InChI is InChI=1S/C17H21NO2S/c1-10-5-6-11(14(7-10)20-4)16-18-12-8-17(2,3)9-13(19)15(12)21-16/h5-7,13,19H,8-9H2,1-4H3. The van der Waals surface area contributed by atoms with Crippen LogP contribution in [0, 0.1) is 12.3 Å². The van der Waals surface area contributed by atoms with Crippen LogP contribution in [0.2, 0.25) is 0 Å². The number of hydrogen-bond donors (Lipinski definition) is 1. The van der Waals surface area contributed by atoms with Crippen molar-refractivity contribution in [3.05, 3.63) is 34.3 Å². The molecule has 3 rings (SSSR count). The number of methoxy groups -OCH3 is 1. The molecule has 0 radical (unpaired) electrons. The highest BCUT2D eigenvalue weighted by atomic mass is 32.1. The highest BCUT2D eigenvalue weighted by molar-refractivity contribution is 7.15. The zero-order valence-corrected chi connectivity index (χ0v) is 13.8. The molecule has 4 heteroatoms. The molecule has 2 aromatic rings. The van der Waals surface area contributed by atoms with Crippen molar-refractivity contribution in [1.29, 1.82) is 0 Å². The number of hydrogen-bond acceptors (Lipinski definition) is 4. The lowest BCUT2D eigenvalue weighted by molar-refractivity contribution is 0.102. The predicted molar refractivity (Wildman–Crippen MR) is 85.9 cm³/mol. The molecule has 1 aromatic carbocycles. The summed E-state index contributed by atoms with van der Waals surface area (Å²) in [5.74, 6) is 0.842. The maximum absolute atomic E-state index is 10.4. The number of ether oxygens (including phenoxy) is 1. The number of aryl methyl sites for hydroxylation is 1. The van der Waals surface area contributed by atoms with Crippen LogP contribution < -0.4 is 4.74 Å². The summed E-state index contributed by atoms with van der Waals surface area (Å²) in [5.41, 5.74) is 3.32. The summed E-state index contributed by atoms with van der Waals surface area (Å²) < 4.78 is 5.48. The Morgan fingerprint density at radius 3 is 2.86 bits per heavy atom. The van der Waals surface area contributed by atoms with Crippen molar-refractivity contribution in [2.24, 2.45) is 5.41 Å². The third-order valence-corrected chi connectivity index (χ3v) is 5.24. The first kappa shape index (κ1) is 14.5. The summed E-state index contributed by atoms with van der Waals surface area (Å²) in [6.07, 6.45) is 1.32. The number of thiazole rings is 1. The molecule has 1 aliphatic carbocycles. The fraction of sp³-hybridized carbons (Fsp3) is 0.471. The van der Waals surface area contributed by atoms with E-state index in [2.05, 4.69) is 26.0 Å². The van der Waals surface area contributed by atoms with Gasteiger partial charge in [0, 0.05) is 0 Å². The van der Waals surface area contributed by atoms with Crippen LogP contribution in [0.5, 0.6) is 5.75 Å². The topological polar surface area (TPSA) is 42.4 Å². The van der Waals surface area contributed by atoms with Crippen LogP contribution in [0.4, 0.5) is 0 Å². The number of aliphatic hydroxyl groups excluding tert-OH is 1. The van der Waals surface area contributed by atoms with E-state index in [1.807, 2.05) is 13.0 Å². The Kier molecular flexibility index (Phi) is 3.54. The molecule has 0 bridgehead atoms. The fourth-order valence-corrected chi connectivity index (χ4v) is 4.08. The first-order valence-corrected chi connectivity index (χ1v) is 8.04. The monoisotopic (exact) mass is 303 g/mol. The largest absolute Gasteiger partial charge is 0.496 e. The van der Waals surface area contributed by atoms with E-state index in [0.717, 1.165) is 45.3 Å². The Bertz CT molecular complexity index is 675. The minimum Gasteiger partial charge on any atom is -0.496 e. The van der Waals surface area contributed by atoms with Crippen molar-refractivity contribution in [2.45, 2.75) is 39.7 Å². The van der Waals surface area contributed by atoms with E-state index in [1.54, 1.807) is 18.4 Å². The smallest absolute Gasteiger partial charge is 0.129 e. The molecule has 1 aromatic heterocycles. The molecule has 3 nitrogen and oxygen atoms in total. The minimum atomic E-state index is -0.397. The molecule has 1 atom stereocenters. The number of benzene rings is 1. The highest BCUT2D eigenvalue weighted by Gasteiger charge is 2.34. The number of aromatic nitrogens is 1. The second-order valence-electron chi connectivity index (χ2n) is 6.59. The van der Waals surface area contributed by atoms with Gasteiger partial charge in [-0.15, -0.1) is 11.3 Å². The van der Waals surface area contributed by atoms with Gasteiger partial charge < -0.3 is 9.84 Å². The van der Waals surface area contributed by atoms with Crippen molar-refractivity contribution in [1.82, 2.24) is 4.98 Å². The van der Waals surface area contributed by atoms with Gasteiger partial charge >= 0.3 is 0 Å². The molecule has 0 fully saturated rings. The molecular weight excluding hydrogens is 282 g/mol. The van der Waals surface area contributed by atoms with Gasteiger partial charge in [-0.25, -0.2) is 4.98 Å². The normalized spacial score (nSPS) is 20.1. The number of aliphatic hydroxyl groups is 1. The Morgan fingerprint density at radius 2 is 2.14 bits per heavy atom. The van der Waals surface area contributed by atoms with Crippen LogP contribution in [0.25, 0.3) is 10.6 Å². The Morgan fingerprint density at radius 1 is 1.38 bits per heavy atom. The molecule has 1 heterocycles. The van der Waals surface area contributed by atoms with Gasteiger partial charge in [0.25, 0.3) is 0 Å². The molecule has 0 amide bonds. The fourth-order valence-electron chi connectivity index (χ4n) is 2.98. The van der Waals surface area contributed by atoms with Crippen LogP contribution in [0.15, 0.2) is 18.2 Å². The van der Waals surface area contributed by atoms with Crippen LogP contribution >= 0.6 is 11.3 Å². The van der Waals surface area contributed by atoms with Crippen LogP contribution in [0.1, 0.15) is 42.5 Å². The maximum atomic E-state index is 10.4. The molecule has 1 N–H and O–H groups in total. The van der Waals surface area contributed by atoms with Gasteiger partial charge in [-0.3, -0.25) is 0 Å². The molecule has 1 aliphatic rings. The van der Waals surface area contributed by atoms with Gasteiger partial charge in [-0.2, -0.15) is 0 Å². The molecule has 0 saturated heterocycles. The summed E-state index contributed by atoms with van der Waals surface area (Å²) in [5, 5.41) is 11.3. The summed E-state index contributed by atoms with van der Waals surface area (Å²) >= 11 is 1.59. The van der Waals surface area contributed by atoms with Crippen molar-refractivity contribution in [3.63, 3.8) is 0 Å². The molecular formula is C17H21NO2S. The van der Waals surface area contributed by atoms with E-state index in [-0.39, 0.29) is 5.41 Å². The zero-order chi connectivity index (χ0) is 15.2. The summed E-state index contributed by atoms with van der Waals surface area (Å²) in [7, 11) is 1.68. The third-order valence-electron chi connectivity index (χ3n) is 4.01. The molecule has 0 aliphatic heterocycles. The minimum absolute atomic E-state index is 0.106.